The first-order valence-electron chi connectivity index (χ1n) is 4.42. The molecule has 0 aromatic rings. The van der Waals surface area contributed by atoms with Crippen LogP contribution in [0.2, 0.25) is 0 Å². The molecule has 1 fully saturated rings. The molecule has 0 bridgehead atoms. The molecule has 0 aromatic carbocycles. The van der Waals surface area contributed by atoms with Gasteiger partial charge in [-0.3, -0.25) is 0 Å². The van der Waals surface area contributed by atoms with Crippen LogP contribution < -0.4 is 0 Å². The van der Waals surface area contributed by atoms with Crippen molar-refractivity contribution in [1.82, 2.24) is 0 Å². The van der Waals surface area contributed by atoms with E-state index in [1.165, 1.54) is 25.7 Å². The fourth-order valence-corrected chi connectivity index (χ4v) is 2.55. The Kier molecular flexibility index (Phi) is 3.86. The van der Waals surface area contributed by atoms with E-state index in [4.69, 9.17) is 4.74 Å². The molecule has 0 radical (unpaired) electrons. The molecule has 0 saturated heterocycles. The van der Waals surface area contributed by atoms with E-state index in [-0.39, 0.29) is 0 Å². The van der Waals surface area contributed by atoms with Crippen molar-refractivity contribution < 1.29 is 4.74 Å². The number of halogens is 1. The molecule has 3 unspecified atom stereocenters. The highest BCUT2D eigenvalue weighted by Gasteiger charge is 2.27. The molecule has 2 heteroatoms. The fraction of sp³-hybridized carbons (Fsp3) is 1.00. The smallest absolute Gasteiger partial charge is 0.0610 e. The van der Waals surface area contributed by atoms with Crippen LogP contribution in [0.5, 0.6) is 0 Å². The van der Waals surface area contributed by atoms with Crippen molar-refractivity contribution in [1.29, 1.82) is 0 Å². The number of rotatable bonds is 2. The summed E-state index contributed by atoms with van der Waals surface area (Å²) >= 11 is 3.64. The van der Waals surface area contributed by atoms with Gasteiger partial charge in [-0.1, -0.05) is 35.7 Å². The van der Waals surface area contributed by atoms with Crippen molar-refractivity contribution in [3.05, 3.63) is 0 Å². The van der Waals surface area contributed by atoms with Gasteiger partial charge in [-0.15, -0.1) is 0 Å². The van der Waals surface area contributed by atoms with Crippen LogP contribution in [0, 0.1) is 5.92 Å². The van der Waals surface area contributed by atoms with Crippen LogP contribution in [-0.2, 0) is 4.74 Å². The van der Waals surface area contributed by atoms with Gasteiger partial charge in [-0.2, -0.15) is 0 Å². The van der Waals surface area contributed by atoms with Gasteiger partial charge in [0.05, 0.1) is 6.10 Å². The lowest BCUT2D eigenvalue weighted by molar-refractivity contribution is 0.0252. The summed E-state index contributed by atoms with van der Waals surface area (Å²) in [5, 5.41) is 0. The fourth-order valence-electron chi connectivity index (χ4n) is 1.94. The maximum Gasteiger partial charge on any atom is 0.0610 e. The third-order valence-electron chi connectivity index (χ3n) is 2.65. The molecule has 3 atom stereocenters. The van der Waals surface area contributed by atoms with Gasteiger partial charge in [0.2, 0.25) is 0 Å². The second-order valence-electron chi connectivity index (χ2n) is 3.40. The van der Waals surface area contributed by atoms with E-state index in [2.05, 4.69) is 22.9 Å². The molecule has 1 aliphatic rings. The Hall–Kier alpha value is 0.440. The van der Waals surface area contributed by atoms with Crippen LogP contribution in [0.1, 0.15) is 32.6 Å². The first-order chi connectivity index (χ1) is 5.25. The number of hydrogen-bond acceptors (Lipinski definition) is 1. The predicted octanol–water partition coefficient (Wildman–Crippen LogP) is 2.98. The monoisotopic (exact) mass is 220 g/mol. The minimum atomic E-state index is 0.498. The lowest BCUT2D eigenvalue weighted by Gasteiger charge is -2.32. The zero-order valence-electron chi connectivity index (χ0n) is 7.35. The Labute approximate surface area is 77.6 Å². The number of ether oxygens (including phenoxy) is 1. The third-order valence-corrected chi connectivity index (χ3v) is 3.33. The van der Waals surface area contributed by atoms with Crippen molar-refractivity contribution in [2.24, 2.45) is 5.92 Å². The lowest BCUT2D eigenvalue weighted by Crippen LogP contribution is -2.31. The van der Waals surface area contributed by atoms with Gasteiger partial charge >= 0.3 is 0 Å². The second kappa shape index (κ2) is 4.46. The molecule has 0 N–H and O–H groups in total. The van der Waals surface area contributed by atoms with Gasteiger partial charge < -0.3 is 4.74 Å². The van der Waals surface area contributed by atoms with Crippen molar-refractivity contribution in [3.63, 3.8) is 0 Å². The summed E-state index contributed by atoms with van der Waals surface area (Å²) in [5.41, 5.74) is 0. The Morgan fingerprint density at radius 3 is 2.45 bits per heavy atom. The summed E-state index contributed by atoms with van der Waals surface area (Å²) < 4.78 is 5.44. The second-order valence-corrected chi connectivity index (χ2v) is 4.84. The van der Waals surface area contributed by atoms with Crippen LogP contribution in [0.15, 0.2) is 0 Å². The zero-order chi connectivity index (χ0) is 8.27. The van der Waals surface area contributed by atoms with Crippen LogP contribution in [0.25, 0.3) is 0 Å². The number of methoxy groups -OCH3 is 1. The maximum absolute atomic E-state index is 5.44. The van der Waals surface area contributed by atoms with E-state index in [1.807, 2.05) is 7.11 Å². The summed E-state index contributed by atoms with van der Waals surface area (Å²) in [6, 6.07) is 0. The molecule has 0 aromatic heterocycles. The Morgan fingerprint density at radius 1 is 1.36 bits per heavy atom. The molecule has 0 aliphatic heterocycles. The highest BCUT2D eigenvalue weighted by atomic mass is 79.9. The molecule has 0 spiro atoms. The van der Waals surface area contributed by atoms with Gasteiger partial charge in [0.1, 0.15) is 0 Å². The molecule has 0 amide bonds. The maximum atomic E-state index is 5.44. The molecule has 1 saturated carbocycles. The number of hydrogen-bond donors (Lipinski definition) is 0. The normalized spacial score (nSPS) is 35.2. The molecule has 1 aliphatic carbocycles. The standard InChI is InChI=1S/C9H17BrO/c1-7(10)8-5-3-4-6-9(8)11-2/h7-9H,3-6H2,1-2H3. The van der Waals surface area contributed by atoms with Crippen LogP contribution >= 0.6 is 15.9 Å². The van der Waals surface area contributed by atoms with Crippen LogP contribution in [-0.4, -0.2) is 18.0 Å². The summed E-state index contributed by atoms with van der Waals surface area (Å²) in [7, 11) is 1.83. The third kappa shape index (κ3) is 2.45. The van der Waals surface area contributed by atoms with E-state index in [9.17, 15) is 0 Å². The van der Waals surface area contributed by atoms with Gasteiger partial charge in [0, 0.05) is 11.9 Å². The predicted molar refractivity (Wildman–Crippen MR) is 51.1 cm³/mol. The van der Waals surface area contributed by atoms with Crippen molar-refractivity contribution in [3.8, 4) is 0 Å². The van der Waals surface area contributed by atoms with E-state index < -0.39 is 0 Å². The van der Waals surface area contributed by atoms with Gasteiger partial charge in [0.15, 0.2) is 0 Å². The average molecular weight is 221 g/mol. The van der Waals surface area contributed by atoms with Gasteiger partial charge in [-0.05, 0) is 18.8 Å². The molecule has 11 heavy (non-hydrogen) atoms. The number of alkyl halides is 1. The minimum Gasteiger partial charge on any atom is -0.381 e. The molecule has 66 valence electrons. The summed E-state index contributed by atoms with van der Waals surface area (Å²) in [6.45, 7) is 2.22. The Balaban J connectivity index is 2.44. The zero-order valence-corrected chi connectivity index (χ0v) is 8.93. The molecular weight excluding hydrogens is 204 g/mol. The van der Waals surface area contributed by atoms with Crippen molar-refractivity contribution in [2.45, 2.75) is 43.5 Å². The summed E-state index contributed by atoms with van der Waals surface area (Å²) in [6.07, 6.45) is 5.79. The van der Waals surface area contributed by atoms with E-state index in [0.29, 0.717) is 10.9 Å². The summed E-state index contributed by atoms with van der Waals surface area (Å²) in [4.78, 5) is 0.604. The molecule has 1 rings (SSSR count). The Morgan fingerprint density at radius 2 is 2.00 bits per heavy atom. The van der Waals surface area contributed by atoms with E-state index in [1.54, 1.807) is 0 Å². The van der Waals surface area contributed by atoms with E-state index in [0.717, 1.165) is 5.92 Å². The summed E-state index contributed by atoms with van der Waals surface area (Å²) in [5.74, 6) is 0.730. The molecular formula is C9H17BrO. The largest absolute Gasteiger partial charge is 0.381 e. The Bertz CT molecular complexity index is 114. The first kappa shape index (κ1) is 9.53. The topological polar surface area (TPSA) is 9.23 Å². The quantitative estimate of drug-likeness (QED) is 0.651. The minimum absolute atomic E-state index is 0.498. The van der Waals surface area contributed by atoms with Crippen LogP contribution in [0.4, 0.5) is 0 Å². The SMILES string of the molecule is COC1CCCCC1C(C)Br. The molecule has 1 nitrogen and oxygen atoms in total. The van der Waals surface area contributed by atoms with E-state index >= 15 is 0 Å². The average Bonchev–Trinajstić information content (AvgIpc) is 2.04. The molecule has 0 heterocycles. The first-order valence-corrected chi connectivity index (χ1v) is 5.34. The van der Waals surface area contributed by atoms with Gasteiger partial charge in [0.25, 0.3) is 0 Å². The van der Waals surface area contributed by atoms with Gasteiger partial charge in [-0.25, -0.2) is 0 Å². The lowest BCUT2D eigenvalue weighted by atomic mass is 9.85. The van der Waals surface area contributed by atoms with Crippen molar-refractivity contribution >= 4 is 15.9 Å². The van der Waals surface area contributed by atoms with Crippen LogP contribution in [0.3, 0.4) is 0 Å². The van der Waals surface area contributed by atoms with Crippen molar-refractivity contribution in [2.75, 3.05) is 7.11 Å². The highest BCUT2D eigenvalue weighted by Crippen LogP contribution is 2.31. The highest BCUT2D eigenvalue weighted by molar-refractivity contribution is 9.09.